The Labute approximate surface area is 127 Å². The SMILES string of the molecule is N#C[C@]1(c2cccc(-c3ccnc4[nH]ncc34)c2)C[C@H](N)C1. The fourth-order valence-electron chi connectivity index (χ4n) is 3.31. The molecular weight excluding hydrogens is 274 g/mol. The van der Waals surface area contributed by atoms with E-state index in [1.807, 2.05) is 18.2 Å². The summed E-state index contributed by atoms with van der Waals surface area (Å²) in [4.78, 5) is 4.27. The summed E-state index contributed by atoms with van der Waals surface area (Å²) < 4.78 is 0. The molecule has 0 aliphatic heterocycles. The van der Waals surface area contributed by atoms with Gasteiger partial charge in [0.05, 0.1) is 17.7 Å². The number of nitrogens with two attached hydrogens (primary N) is 1. The molecule has 22 heavy (non-hydrogen) atoms. The number of hydrogen-bond acceptors (Lipinski definition) is 4. The van der Waals surface area contributed by atoms with Crippen molar-refractivity contribution in [1.29, 1.82) is 5.26 Å². The highest BCUT2D eigenvalue weighted by molar-refractivity contribution is 5.92. The molecule has 5 nitrogen and oxygen atoms in total. The average molecular weight is 289 g/mol. The second-order valence-electron chi connectivity index (χ2n) is 5.93. The highest BCUT2D eigenvalue weighted by atomic mass is 15.1. The Morgan fingerprint density at radius 1 is 1.32 bits per heavy atom. The van der Waals surface area contributed by atoms with Crippen LogP contribution in [0.15, 0.2) is 42.7 Å². The first-order valence-electron chi connectivity index (χ1n) is 7.28. The third-order valence-corrected chi connectivity index (χ3v) is 4.52. The Hall–Kier alpha value is -2.71. The molecule has 3 N–H and O–H groups in total. The molecule has 0 spiro atoms. The van der Waals surface area contributed by atoms with Crippen LogP contribution in [0.2, 0.25) is 0 Å². The van der Waals surface area contributed by atoms with Crippen LogP contribution in [0.1, 0.15) is 18.4 Å². The number of rotatable bonds is 2. The lowest BCUT2D eigenvalue weighted by Crippen LogP contribution is -2.48. The Morgan fingerprint density at radius 3 is 2.95 bits per heavy atom. The number of nitrogens with zero attached hydrogens (tertiary/aromatic N) is 3. The van der Waals surface area contributed by atoms with Crippen LogP contribution >= 0.6 is 0 Å². The highest BCUT2D eigenvalue weighted by Crippen LogP contribution is 2.43. The van der Waals surface area contributed by atoms with E-state index in [1.54, 1.807) is 12.4 Å². The van der Waals surface area contributed by atoms with Crippen LogP contribution in [-0.2, 0) is 5.41 Å². The molecule has 0 radical (unpaired) electrons. The minimum atomic E-state index is -0.433. The number of nitriles is 1. The van der Waals surface area contributed by atoms with E-state index < -0.39 is 5.41 Å². The molecular formula is C17H15N5. The number of pyridine rings is 1. The van der Waals surface area contributed by atoms with Gasteiger partial charge < -0.3 is 5.73 Å². The van der Waals surface area contributed by atoms with Crippen molar-refractivity contribution in [2.75, 3.05) is 0 Å². The first-order chi connectivity index (χ1) is 10.7. The van der Waals surface area contributed by atoms with Gasteiger partial charge in [0.1, 0.15) is 0 Å². The van der Waals surface area contributed by atoms with E-state index in [9.17, 15) is 5.26 Å². The third kappa shape index (κ3) is 1.81. The van der Waals surface area contributed by atoms with Gasteiger partial charge in [0.25, 0.3) is 0 Å². The number of nitrogens with one attached hydrogen (secondary N) is 1. The Balaban J connectivity index is 1.83. The van der Waals surface area contributed by atoms with Gasteiger partial charge in [-0.3, -0.25) is 5.10 Å². The zero-order valence-electron chi connectivity index (χ0n) is 12.0. The molecule has 1 fully saturated rings. The molecule has 1 saturated carbocycles. The monoisotopic (exact) mass is 289 g/mol. The lowest BCUT2D eigenvalue weighted by atomic mass is 9.62. The van der Waals surface area contributed by atoms with Gasteiger partial charge >= 0.3 is 0 Å². The second-order valence-corrected chi connectivity index (χ2v) is 5.93. The molecule has 2 aromatic heterocycles. The zero-order valence-corrected chi connectivity index (χ0v) is 12.0. The van der Waals surface area contributed by atoms with Gasteiger partial charge in [0.15, 0.2) is 5.65 Å². The fourth-order valence-corrected chi connectivity index (χ4v) is 3.31. The first-order valence-corrected chi connectivity index (χ1v) is 7.28. The van der Waals surface area contributed by atoms with Crippen molar-refractivity contribution in [3.8, 4) is 17.2 Å². The van der Waals surface area contributed by atoms with E-state index in [0.29, 0.717) is 0 Å². The van der Waals surface area contributed by atoms with Crippen molar-refractivity contribution >= 4 is 11.0 Å². The van der Waals surface area contributed by atoms with Crippen LogP contribution in [0.25, 0.3) is 22.2 Å². The molecule has 0 atom stereocenters. The van der Waals surface area contributed by atoms with Crippen LogP contribution in [0.4, 0.5) is 0 Å². The minimum absolute atomic E-state index is 0.129. The minimum Gasteiger partial charge on any atom is -0.328 e. The maximum Gasteiger partial charge on any atom is 0.155 e. The smallest absolute Gasteiger partial charge is 0.155 e. The molecule has 2 heterocycles. The van der Waals surface area contributed by atoms with Crippen molar-refractivity contribution in [1.82, 2.24) is 15.2 Å². The number of aromatic nitrogens is 3. The van der Waals surface area contributed by atoms with Gasteiger partial charge in [-0.25, -0.2) is 4.98 Å². The van der Waals surface area contributed by atoms with Gasteiger partial charge in [-0.1, -0.05) is 18.2 Å². The van der Waals surface area contributed by atoms with Crippen LogP contribution in [-0.4, -0.2) is 21.2 Å². The zero-order chi connectivity index (χ0) is 15.2. The number of benzene rings is 1. The van der Waals surface area contributed by atoms with Gasteiger partial charge in [-0.15, -0.1) is 0 Å². The lowest BCUT2D eigenvalue weighted by Gasteiger charge is -2.41. The maximum atomic E-state index is 9.58. The molecule has 4 rings (SSSR count). The first kappa shape index (κ1) is 13.0. The summed E-state index contributed by atoms with van der Waals surface area (Å²) in [6.45, 7) is 0. The van der Waals surface area contributed by atoms with Crippen molar-refractivity contribution in [2.45, 2.75) is 24.3 Å². The van der Waals surface area contributed by atoms with Crippen molar-refractivity contribution < 1.29 is 0 Å². The van der Waals surface area contributed by atoms with Gasteiger partial charge in [-0.05, 0) is 41.7 Å². The van der Waals surface area contributed by atoms with Gasteiger partial charge in [-0.2, -0.15) is 10.4 Å². The molecule has 0 saturated heterocycles. The van der Waals surface area contributed by atoms with Crippen molar-refractivity contribution in [2.24, 2.45) is 5.73 Å². The van der Waals surface area contributed by atoms with Gasteiger partial charge in [0, 0.05) is 17.6 Å². The standard InChI is InChI=1S/C17H15N5/c18-10-17(7-13(19)8-17)12-3-1-2-11(6-12)14-4-5-20-16-15(14)9-21-22-16/h1-6,9,13H,7-8,19H2,(H,20,21,22)/t13-,17-. The van der Waals surface area contributed by atoms with Crippen LogP contribution in [0.5, 0.6) is 0 Å². The normalized spacial score (nSPS) is 23.9. The van der Waals surface area contributed by atoms with Gasteiger partial charge in [0.2, 0.25) is 0 Å². The van der Waals surface area contributed by atoms with E-state index in [1.165, 1.54) is 0 Å². The van der Waals surface area contributed by atoms with Crippen LogP contribution < -0.4 is 5.73 Å². The number of hydrogen-bond donors (Lipinski definition) is 2. The quantitative estimate of drug-likeness (QED) is 0.758. The predicted molar refractivity (Wildman–Crippen MR) is 83.8 cm³/mol. The average Bonchev–Trinajstić information content (AvgIpc) is 3.00. The third-order valence-electron chi connectivity index (χ3n) is 4.52. The molecule has 0 amide bonds. The molecule has 3 aromatic rings. The summed E-state index contributed by atoms with van der Waals surface area (Å²) in [6, 6.07) is 12.7. The van der Waals surface area contributed by atoms with E-state index in [-0.39, 0.29) is 6.04 Å². The molecule has 1 aliphatic carbocycles. The van der Waals surface area contributed by atoms with Crippen molar-refractivity contribution in [3.63, 3.8) is 0 Å². The molecule has 0 bridgehead atoms. The molecule has 0 unspecified atom stereocenters. The number of aromatic amines is 1. The Kier molecular flexibility index (Phi) is 2.75. The summed E-state index contributed by atoms with van der Waals surface area (Å²) in [7, 11) is 0. The second kappa shape index (κ2) is 4.65. The Bertz CT molecular complexity index is 883. The van der Waals surface area contributed by atoms with E-state index in [2.05, 4.69) is 33.4 Å². The summed E-state index contributed by atoms with van der Waals surface area (Å²) in [5.41, 5.74) is 9.42. The molecule has 1 aromatic carbocycles. The summed E-state index contributed by atoms with van der Waals surface area (Å²) in [5.74, 6) is 0. The predicted octanol–water partition coefficient (Wildman–Crippen LogP) is 2.51. The number of fused-ring (bicyclic) bond motifs is 1. The molecule has 108 valence electrons. The Morgan fingerprint density at radius 2 is 2.18 bits per heavy atom. The summed E-state index contributed by atoms with van der Waals surface area (Å²) in [5, 5.41) is 17.5. The molecule has 5 heteroatoms. The van der Waals surface area contributed by atoms with Crippen molar-refractivity contribution in [3.05, 3.63) is 48.3 Å². The van der Waals surface area contributed by atoms with E-state index in [4.69, 9.17) is 5.73 Å². The lowest BCUT2D eigenvalue weighted by molar-refractivity contribution is 0.271. The summed E-state index contributed by atoms with van der Waals surface area (Å²) in [6.07, 6.45) is 5.00. The molecule has 1 aliphatic rings. The topological polar surface area (TPSA) is 91.4 Å². The van der Waals surface area contributed by atoms with Crippen LogP contribution in [0, 0.1) is 11.3 Å². The summed E-state index contributed by atoms with van der Waals surface area (Å²) >= 11 is 0. The highest BCUT2D eigenvalue weighted by Gasteiger charge is 2.44. The fraction of sp³-hybridized carbons (Fsp3) is 0.235. The van der Waals surface area contributed by atoms with E-state index in [0.717, 1.165) is 40.6 Å². The largest absolute Gasteiger partial charge is 0.328 e. The maximum absolute atomic E-state index is 9.58. The van der Waals surface area contributed by atoms with Crippen LogP contribution in [0.3, 0.4) is 0 Å². The van der Waals surface area contributed by atoms with E-state index >= 15 is 0 Å². The number of H-pyrrole nitrogens is 1.